The standard InChI is InChI=1S/C9H11N3.2ClH/c10-5-4-7-2-1-3-9-8(7)6-11-12-9;;/h1-3,6H,4-5,10H2,(H,11,12);2*1H. The number of fused-ring (bicyclic) bond motifs is 1. The van der Waals surface area contributed by atoms with Gasteiger partial charge in [0, 0.05) is 5.39 Å². The second kappa shape index (κ2) is 5.86. The summed E-state index contributed by atoms with van der Waals surface area (Å²) in [4.78, 5) is 0. The Hall–Kier alpha value is -0.770. The molecule has 0 saturated carbocycles. The van der Waals surface area contributed by atoms with E-state index in [-0.39, 0.29) is 24.8 Å². The zero-order valence-electron chi connectivity index (χ0n) is 7.56. The first-order valence-corrected chi connectivity index (χ1v) is 4.03. The lowest BCUT2D eigenvalue weighted by Crippen LogP contribution is -2.02. The molecule has 0 aliphatic carbocycles. The van der Waals surface area contributed by atoms with Gasteiger partial charge in [-0.15, -0.1) is 24.8 Å². The van der Waals surface area contributed by atoms with Gasteiger partial charge < -0.3 is 5.73 Å². The molecule has 2 aromatic rings. The summed E-state index contributed by atoms with van der Waals surface area (Å²) < 4.78 is 0. The first-order chi connectivity index (χ1) is 5.92. The predicted molar refractivity (Wildman–Crippen MR) is 63.3 cm³/mol. The van der Waals surface area contributed by atoms with Crippen molar-refractivity contribution in [2.24, 2.45) is 5.73 Å². The lowest BCUT2D eigenvalue weighted by Gasteiger charge is -1.98. The third-order valence-corrected chi connectivity index (χ3v) is 1.99. The summed E-state index contributed by atoms with van der Waals surface area (Å²) in [5.74, 6) is 0. The lowest BCUT2D eigenvalue weighted by atomic mass is 10.1. The van der Waals surface area contributed by atoms with Crippen LogP contribution in [0.2, 0.25) is 0 Å². The zero-order chi connectivity index (χ0) is 8.39. The highest BCUT2D eigenvalue weighted by atomic mass is 35.5. The molecule has 2 rings (SSSR count). The lowest BCUT2D eigenvalue weighted by molar-refractivity contribution is 0.977. The van der Waals surface area contributed by atoms with Crippen LogP contribution in [-0.2, 0) is 6.42 Å². The number of halogens is 2. The van der Waals surface area contributed by atoms with Gasteiger partial charge in [-0.2, -0.15) is 5.10 Å². The Bertz CT molecular complexity index is 386. The second-order valence-corrected chi connectivity index (χ2v) is 2.79. The van der Waals surface area contributed by atoms with Crippen LogP contribution in [0.5, 0.6) is 0 Å². The smallest absolute Gasteiger partial charge is 0.0653 e. The highest BCUT2D eigenvalue weighted by Crippen LogP contribution is 2.15. The molecular formula is C9H13Cl2N3. The Balaban J connectivity index is 0.000000845. The zero-order valence-corrected chi connectivity index (χ0v) is 9.20. The van der Waals surface area contributed by atoms with E-state index in [0.29, 0.717) is 6.54 Å². The van der Waals surface area contributed by atoms with E-state index in [4.69, 9.17) is 5.73 Å². The molecule has 1 heterocycles. The van der Waals surface area contributed by atoms with E-state index in [1.807, 2.05) is 18.3 Å². The van der Waals surface area contributed by atoms with E-state index in [9.17, 15) is 0 Å². The summed E-state index contributed by atoms with van der Waals surface area (Å²) in [7, 11) is 0. The minimum Gasteiger partial charge on any atom is -0.330 e. The SMILES string of the molecule is Cl.Cl.NCCc1cccc2[nH]ncc12. The van der Waals surface area contributed by atoms with Gasteiger partial charge >= 0.3 is 0 Å². The number of hydrogen-bond acceptors (Lipinski definition) is 2. The predicted octanol–water partition coefficient (Wildman–Crippen LogP) is 1.91. The molecule has 78 valence electrons. The summed E-state index contributed by atoms with van der Waals surface area (Å²) in [6.07, 6.45) is 2.76. The van der Waals surface area contributed by atoms with Crippen LogP contribution in [0.25, 0.3) is 10.9 Å². The fraction of sp³-hybridized carbons (Fsp3) is 0.222. The van der Waals surface area contributed by atoms with Crippen molar-refractivity contribution in [3.63, 3.8) is 0 Å². The van der Waals surface area contributed by atoms with Gasteiger partial charge in [-0.1, -0.05) is 12.1 Å². The Labute approximate surface area is 94.9 Å². The monoisotopic (exact) mass is 233 g/mol. The van der Waals surface area contributed by atoms with E-state index in [1.165, 1.54) is 10.9 Å². The molecule has 1 aromatic heterocycles. The van der Waals surface area contributed by atoms with Gasteiger partial charge in [-0.05, 0) is 24.6 Å². The molecule has 0 aliphatic rings. The van der Waals surface area contributed by atoms with Crippen molar-refractivity contribution in [2.75, 3.05) is 6.54 Å². The van der Waals surface area contributed by atoms with Gasteiger partial charge in [0.2, 0.25) is 0 Å². The maximum atomic E-state index is 5.49. The number of aromatic amines is 1. The summed E-state index contributed by atoms with van der Waals surface area (Å²) in [5, 5.41) is 8.09. The first kappa shape index (κ1) is 13.2. The van der Waals surface area contributed by atoms with Gasteiger partial charge in [-0.25, -0.2) is 0 Å². The summed E-state index contributed by atoms with van der Waals surface area (Å²) >= 11 is 0. The second-order valence-electron chi connectivity index (χ2n) is 2.79. The Morgan fingerprint density at radius 1 is 1.29 bits per heavy atom. The fourth-order valence-corrected chi connectivity index (χ4v) is 1.40. The third kappa shape index (κ3) is 2.38. The number of rotatable bonds is 2. The highest BCUT2D eigenvalue weighted by molar-refractivity contribution is 5.85. The van der Waals surface area contributed by atoms with Crippen LogP contribution in [0.1, 0.15) is 5.56 Å². The molecule has 3 N–H and O–H groups in total. The van der Waals surface area contributed by atoms with Crippen LogP contribution in [0.3, 0.4) is 0 Å². The molecule has 0 aliphatic heterocycles. The molecule has 0 atom stereocenters. The topological polar surface area (TPSA) is 54.7 Å². The Morgan fingerprint density at radius 2 is 2.07 bits per heavy atom. The van der Waals surface area contributed by atoms with E-state index in [2.05, 4.69) is 16.3 Å². The molecule has 1 aromatic carbocycles. The number of benzene rings is 1. The van der Waals surface area contributed by atoms with E-state index in [1.54, 1.807) is 0 Å². The molecule has 0 bridgehead atoms. The molecule has 0 radical (unpaired) electrons. The maximum Gasteiger partial charge on any atom is 0.0653 e. The quantitative estimate of drug-likeness (QED) is 0.833. The van der Waals surface area contributed by atoms with Gasteiger partial charge in [0.05, 0.1) is 11.7 Å². The number of nitrogens with zero attached hydrogens (tertiary/aromatic N) is 1. The third-order valence-electron chi connectivity index (χ3n) is 1.99. The molecule has 14 heavy (non-hydrogen) atoms. The normalized spacial score (nSPS) is 9.21. The molecule has 0 amide bonds. The first-order valence-electron chi connectivity index (χ1n) is 4.03. The van der Waals surface area contributed by atoms with Crippen molar-refractivity contribution < 1.29 is 0 Å². The average molecular weight is 234 g/mol. The molecule has 0 fully saturated rings. The maximum absolute atomic E-state index is 5.49. The Kier molecular flexibility index (Phi) is 5.53. The summed E-state index contributed by atoms with van der Waals surface area (Å²) in [6.45, 7) is 0.685. The summed E-state index contributed by atoms with van der Waals surface area (Å²) in [6, 6.07) is 6.12. The molecule has 0 saturated heterocycles. The molecule has 0 spiro atoms. The van der Waals surface area contributed by atoms with Crippen molar-refractivity contribution in [3.05, 3.63) is 30.0 Å². The van der Waals surface area contributed by atoms with Crippen molar-refractivity contribution in [1.82, 2.24) is 10.2 Å². The molecule has 5 heteroatoms. The van der Waals surface area contributed by atoms with Crippen molar-refractivity contribution >= 4 is 35.7 Å². The van der Waals surface area contributed by atoms with Crippen molar-refractivity contribution in [1.29, 1.82) is 0 Å². The Morgan fingerprint density at radius 3 is 2.79 bits per heavy atom. The molecule has 3 nitrogen and oxygen atoms in total. The highest BCUT2D eigenvalue weighted by Gasteiger charge is 1.99. The van der Waals surface area contributed by atoms with Crippen molar-refractivity contribution in [2.45, 2.75) is 6.42 Å². The minimum atomic E-state index is 0. The van der Waals surface area contributed by atoms with Crippen LogP contribution in [-0.4, -0.2) is 16.7 Å². The van der Waals surface area contributed by atoms with Gasteiger partial charge in [0.1, 0.15) is 0 Å². The van der Waals surface area contributed by atoms with Crippen molar-refractivity contribution in [3.8, 4) is 0 Å². The van der Waals surface area contributed by atoms with Gasteiger partial charge in [0.15, 0.2) is 0 Å². The van der Waals surface area contributed by atoms with Crippen LogP contribution in [0.15, 0.2) is 24.4 Å². The van der Waals surface area contributed by atoms with E-state index >= 15 is 0 Å². The molecule has 0 unspecified atom stereocenters. The number of nitrogens with two attached hydrogens (primary N) is 1. The number of hydrogen-bond donors (Lipinski definition) is 2. The van der Waals surface area contributed by atoms with Crippen LogP contribution >= 0.6 is 24.8 Å². The van der Waals surface area contributed by atoms with Gasteiger partial charge in [0.25, 0.3) is 0 Å². The van der Waals surface area contributed by atoms with E-state index < -0.39 is 0 Å². The number of aromatic nitrogens is 2. The fourth-order valence-electron chi connectivity index (χ4n) is 1.40. The minimum absolute atomic E-state index is 0. The van der Waals surface area contributed by atoms with E-state index in [0.717, 1.165) is 11.9 Å². The average Bonchev–Trinajstić information content (AvgIpc) is 2.53. The van der Waals surface area contributed by atoms with Crippen LogP contribution in [0, 0.1) is 0 Å². The number of nitrogens with one attached hydrogen (secondary N) is 1. The van der Waals surface area contributed by atoms with Crippen LogP contribution in [0.4, 0.5) is 0 Å². The summed E-state index contributed by atoms with van der Waals surface area (Å²) in [5.41, 5.74) is 7.84. The largest absolute Gasteiger partial charge is 0.330 e. The van der Waals surface area contributed by atoms with Crippen LogP contribution < -0.4 is 5.73 Å². The molecular weight excluding hydrogens is 221 g/mol. The number of H-pyrrole nitrogens is 1. The van der Waals surface area contributed by atoms with Gasteiger partial charge in [-0.3, -0.25) is 5.10 Å².